The van der Waals surface area contributed by atoms with Gasteiger partial charge in [-0.25, -0.2) is 4.79 Å². The first-order chi connectivity index (χ1) is 11.2. The third-order valence-electron chi connectivity index (χ3n) is 4.04. The molecule has 0 aliphatic heterocycles. The molecule has 0 bridgehead atoms. The fourth-order valence-corrected chi connectivity index (χ4v) is 2.87. The molecule has 0 N–H and O–H groups in total. The molecule has 0 fully saturated rings. The Kier molecular flexibility index (Phi) is 4.42. The summed E-state index contributed by atoms with van der Waals surface area (Å²) in [5.41, 5.74) is 3.25. The Morgan fingerprint density at radius 3 is 2.61 bits per heavy atom. The van der Waals surface area contributed by atoms with Crippen LogP contribution in [0.25, 0.3) is 0 Å². The lowest BCUT2D eigenvalue weighted by molar-refractivity contribution is -0.118. The molecule has 3 rings (SSSR count). The predicted octanol–water partition coefficient (Wildman–Crippen LogP) is 3.11. The minimum atomic E-state index is -0.417. The topological polar surface area (TPSA) is 52.6 Å². The first kappa shape index (κ1) is 15.3. The molecule has 1 aliphatic rings. The maximum atomic E-state index is 12.2. The lowest BCUT2D eigenvalue weighted by atomic mass is 9.87. The van der Waals surface area contributed by atoms with Gasteiger partial charge in [0.25, 0.3) is 0 Å². The monoisotopic (exact) mass is 310 g/mol. The van der Waals surface area contributed by atoms with E-state index in [1.165, 1.54) is 7.11 Å². The summed E-state index contributed by atoms with van der Waals surface area (Å²) in [7, 11) is 1.36. The molecule has 2 aromatic carbocycles. The molecule has 118 valence electrons. The maximum Gasteiger partial charge on any atom is 0.341 e. The number of fused-ring (bicyclic) bond motifs is 1. The Labute approximate surface area is 135 Å². The van der Waals surface area contributed by atoms with Crippen molar-refractivity contribution in [3.63, 3.8) is 0 Å². The second-order valence-electron chi connectivity index (χ2n) is 5.56. The van der Waals surface area contributed by atoms with Gasteiger partial charge in [0.2, 0.25) is 0 Å². The number of hydrogen-bond donors (Lipinski definition) is 0. The molecule has 0 spiro atoms. The van der Waals surface area contributed by atoms with Crippen molar-refractivity contribution in [2.75, 3.05) is 7.11 Å². The molecule has 0 amide bonds. The number of rotatable bonds is 4. The second-order valence-corrected chi connectivity index (χ2v) is 5.56. The molecule has 2 aromatic rings. The van der Waals surface area contributed by atoms with Crippen molar-refractivity contribution in [1.29, 1.82) is 0 Å². The standard InChI is InChI=1S/C19H18O4/c1-22-19(21)18-16-9-8-15(20)11-14(16)7-10-17(18)23-12-13-5-3-2-4-6-13/h2-7,10H,8-9,11-12H2,1H3. The highest BCUT2D eigenvalue weighted by Crippen LogP contribution is 2.31. The lowest BCUT2D eigenvalue weighted by Gasteiger charge is -2.20. The van der Waals surface area contributed by atoms with Crippen molar-refractivity contribution in [1.82, 2.24) is 0 Å². The Morgan fingerprint density at radius 2 is 1.87 bits per heavy atom. The van der Waals surface area contributed by atoms with E-state index in [9.17, 15) is 9.59 Å². The normalized spacial score (nSPS) is 13.3. The molecule has 0 heterocycles. The van der Waals surface area contributed by atoms with E-state index < -0.39 is 5.97 Å². The number of carbonyl (C=O) groups is 2. The molecule has 0 radical (unpaired) electrons. The maximum absolute atomic E-state index is 12.2. The zero-order chi connectivity index (χ0) is 16.2. The van der Waals surface area contributed by atoms with Crippen LogP contribution in [0.3, 0.4) is 0 Å². The van der Waals surface area contributed by atoms with Crippen molar-refractivity contribution in [3.05, 3.63) is 64.7 Å². The van der Waals surface area contributed by atoms with Gasteiger partial charge in [0, 0.05) is 12.8 Å². The van der Waals surface area contributed by atoms with Crippen LogP contribution in [0.1, 0.15) is 33.5 Å². The van der Waals surface area contributed by atoms with E-state index in [4.69, 9.17) is 9.47 Å². The highest BCUT2D eigenvalue weighted by atomic mass is 16.5. The van der Waals surface area contributed by atoms with Crippen LogP contribution in [0, 0.1) is 0 Å². The van der Waals surface area contributed by atoms with E-state index in [-0.39, 0.29) is 5.78 Å². The number of methoxy groups -OCH3 is 1. The van der Waals surface area contributed by atoms with Crippen molar-refractivity contribution in [3.8, 4) is 5.75 Å². The van der Waals surface area contributed by atoms with Gasteiger partial charge in [-0.05, 0) is 29.2 Å². The third kappa shape index (κ3) is 3.26. The summed E-state index contributed by atoms with van der Waals surface area (Å²) in [6.45, 7) is 0.378. The van der Waals surface area contributed by atoms with Crippen LogP contribution in [0.15, 0.2) is 42.5 Å². The fourth-order valence-electron chi connectivity index (χ4n) is 2.87. The lowest BCUT2D eigenvalue weighted by Crippen LogP contribution is -2.18. The molecule has 0 saturated heterocycles. The first-order valence-electron chi connectivity index (χ1n) is 7.60. The van der Waals surface area contributed by atoms with Crippen LogP contribution in [-0.4, -0.2) is 18.9 Å². The van der Waals surface area contributed by atoms with Gasteiger partial charge in [-0.3, -0.25) is 4.79 Å². The summed E-state index contributed by atoms with van der Waals surface area (Å²) in [6, 6.07) is 13.4. The van der Waals surface area contributed by atoms with Gasteiger partial charge in [-0.15, -0.1) is 0 Å². The number of Topliss-reactive ketones (excluding diaryl/α,β-unsaturated/α-hetero) is 1. The Hall–Kier alpha value is -2.62. The van der Waals surface area contributed by atoms with Crippen LogP contribution in [0.4, 0.5) is 0 Å². The van der Waals surface area contributed by atoms with Gasteiger partial charge in [0.05, 0.1) is 7.11 Å². The van der Waals surface area contributed by atoms with Crippen LogP contribution in [-0.2, 0) is 29.0 Å². The van der Waals surface area contributed by atoms with E-state index in [2.05, 4.69) is 0 Å². The summed E-state index contributed by atoms with van der Waals surface area (Å²) in [5, 5.41) is 0. The molecule has 1 aliphatic carbocycles. The number of ether oxygens (including phenoxy) is 2. The van der Waals surface area contributed by atoms with Crippen LogP contribution < -0.4 is 4.74 Å². The largest absolute Gasteiger partial charge is 0.488 e. The van der Waals surface area contributed by atoms with Crippen molar-refractivity contribution >= 4 is 11.8 Å². The number of carbonyl (C=O) groups excluding carboxylic acids is 2. The average Bonchev–Trinajstić information content (AvgIpc) is 2.59. The SMILES string of the molecule is COC(=O)c1c(OCc2ccccc2)ccc2c1CCC(=O)C2. The molecule has 0 atom stereocenters. The molecule has 23 heavy (non-hydrogen) atoms. The molecule has 4 nitrogen and oxygen atoms in total. The quantitative estimate of drug-likeness (QED) is 0.814. The van der Waals surface area contributed by atoms with Crippen LogP contribution >= 0.6 is 0 Å². The van der Waals surface area contributed by atoms with Gasteiger partial charge in [-0.1, -0.05) is 36.4 Å². The molecule has 0 aromatic heterocycles. The van der Waals surface area contributed by atoms with Crippen molar-refractivity contribution in [2.24, 2.45) is 0 Å². The second kappa shape index (κ2) is 6.65. The summed E-state index contributed by atoms with van der Waals surface area (Å²) >= 11 is 0. The van der Waals surface area contributed by atoms with Gasteiger partial charge in [0.15, 0.2) is 0 Å². The van der Waals surface area contributed by atoms with Crippen molar-refractivity contribution in [2.45, 2.75) is 25.9 Å². The molecule has 0 unspecified atom stereocenters. The smallest absolute Gasteiger partial charge is 0.341 e. The fraction of sp³-hybridized carbons (Fsp3) is 0.263. The average molecular weight is 310 g/mol. The first-order valence-corrected chi connectivity index (χ1v) is 7.60. The number of benzene rings is 2. The molecular formula is C19H18O4. The van der Waals surface area contributed by atoms with E-state index in [0.717, 1.165) is 16.7 Å². The van der Waals surface area contributed by atoms with Gasteiger partial charge in [0.1, 0.15) is 23.7 Å². The van der Waals surface area contributed by atoms with Crippen LogP contribution in [0.5, 0.6) is 5.75 Å². The highest BCUT2D eigenvalue weighted by molar-refractivity contribution is 5.96. The van der Waals surface area contributed by atoms with E-state index in [1.807, 2.05) is 36.4 Å². The summed E-state index contributed by atoms with van der Waals surface area (Å²) in [4.78, 5) is 23.8. The zero-order valence-electron chi connectivity index (χ0n) is 13.0. The van der Waals surface area contributed by atoms with E-state index >= 15 is 0 Å². The van der Waals surface area contributed by atoms with Crippen molar-refractivity contribution < 1.29 is 19.1 Å². The Morgan fingerprint density at radius 1 is 1.09 bits per heavy atom. The molecule has 0 saturated carbocycles. The summed E-state index contributed by atoms with van der Waals surface area (Å²) in [5.74, 6) is 0.291. The van der Waals surface area contributed by atoms with Gasteiger partial charge >= 0.3 is 5.97 Å². The Balaban J connectivity index is 1.93. The molecule has 4 heteroatoms. The summed E-state index contributed by atoms with van der Waals surface area (Å²) < 4.78 is 10.8. The Bertz CT molecular complexity index is 735. The van der Waals surface area contributed by atoms with E-state index in [1.54, 1.807) is 6.07 Å². The minimum absolute atomic E-state index is 0.200. The van der Waals surface area contributed by atoms with E-state index in [0.29, 0.717) is 37.2 Å². The van der Waals surface area contributed by atoms with Crippen LogP contribution in [0.2, 0.25) is 0 Å². The van der Waals surface area contributed by atoms with Gasteiger partial charge < -0.3 is 9.47 Å². The minimum Gasteiger partial charge on any atom is -0.488 e. The summed E-state index contributed by atoms with van der Waals surface area (Å²) in [6.07, 6.45) is 1.39. The number of hydrogen-bond acceptors (Lipinski definition) is 4. The number of esters is 1. The highest BCUT2D eigenvalue weighted by Gasteiger charge is 2.25. The number of ketones is 1. The zero-order valence-corrected chi connectivity index (χ0v) is 13.0. The van der Waals surface area contributed by atoms with Gasteiger partial charge in [-0.2, -0.15) is 0 Å². The predicted molar refractivity (Wildman–Crippen MR) is 85.6 cm³/mol. The molecular weight excluding hydrogens is 292 g/mol. The third-order valence-corrected chi connectivity index (χ3v) is 4.04.